The Labute approximate surface area is 156 Å². The lowest BCUT2D eigenvalue weighted by molar-refractivity contribution is 0.598. The summed E-state index contributed by atoms with van der Waals surface area (Å²) in [5.41, 5.74) is 2.82. The molecule has 0 aliphatic carbocycles. The van der Waals surface area contributed by atoms with E-state index < -0.39 is 15.8 Å². The minimum atomic E-state index is -3.87. The predicted octanol–water partition coefficient (Wildman–Crippen LogP) is 4.25. The van der Waals surface area contributed by atoms with Crippen LogP contribution in [0.5, 0.6) is 0 Å². The van der Waals surface area contributed by atoms with Crippen LogP contribution in [0.4, 0.5) is 10.1 Å². The average Bonchev–Trinajstić information content (AvgIpc) is 3.05. The van der Waals surface area contributed by atoms with Gasteiger partial charge in [0.1, 0.15) is 11.5 Å². The van der Waals surface area contributed by atoms with E-state index in [1.165, 1.54) is 12.1 Å². The Bertz CT molecular complexity index is 1220. The molecule has 4 rings (SSSR count). The standard InChI is InChI=1S/C20H16FN3O2S/c1-14-12-15(21)9-10-19(14)27(25,26)23-17-7-3-2-6-16(17)18-13-24-11-5-4-8-20(24)22-18/h2-13,23H,1H3. The lowest BCUT2D eigenvalue weighted by atomic mass is 10.1. The lowest BCUT2D eigenvalue weighted by Gasteiger charge is -2.13. The third-order valence-corrected chi connectivity index (χ3v) is 5.76. The normalized spacial score (nSPS) is 11.6. The van der Waals surface area contributed by atoms with E-state index in [0.717, 1.165) is 11.7 Å². The smallest absolute Gasteiger partial charge is 0.262 e. The van der Waals surface area contributed by atoms with Crippen LogP contribution in [0.15, 0.2) is 78.0 Å². The summed E-state index contributed by atoms with van der Waals surface area (Å²) in [6.07, 6.45) is 3.71. The first-order chi connectivity index (χ1) is 12.9. The maximum atomic E-state index is 13.3. The summed E-state index contributed by atoms with van der Waals surface area (Å²) in [7, 11) is -3.87. The number of pyridine rings is 1. The molecule has 136 valence electrons. The number of benzene rings is 2. The summed E-state index contributed by atoms with van der Waals surface area (Å²) in [5, 5.41) is 0. The Kier molecular flexibility index (Phi) is 4.16. The summed E-state index contributed by atoms with van der Waals surface area (Å²) in [6, 6.07) is 16.3. The molecule has 0 spiro atoms. The van der Waals surface area contributed by atoms with Crippen molar-refractivity contribution in [2.24, 2.45) is 0 Å². The lowest BCUT2D eigenvalue weighted by Crippen LogP contribution is -2.15. The van der Waals surface area contributed by atoms with Gasteiger partial charge in [0.05, 0.1) is 16.3 Å². The highest BCUT2D eigenvalue weighted by Gasteiger charge is 2.19. The van der Waals surface area contributed by atoms with Gasteiger partial charge in [-0.3, -0.25) is 4.72 Å². The van der Waals surface area contributed by atoms with E-state index in [1.807, 2.05) is 41.1 Å². The molecule has 0 radical (unpaired) electrons. The highest BCUT2D eigenvalue weighted by molar-refractivity contribution is 7.92. The molecule has 7 heteroatoms. The maximum Gasteiger partial charge on any atom is 0.262 e. The van der Waals surface area contributed by atoms with E-state index in [1.54, 1.807) is 25.1 Å². The van der Waals surface area contributed by atoms with Gasteiger partial charge in [-0.25, -0.2) is 17.8 Å². The van der Waals surface area contributed by atoms with Crippen molar-refractivity contribution in [1.82, 2.24) is 9.38 Å². The van der Waals surface area contributed by atoms with Crippen molar-refractivity contribution in [3.63, 3.8) is 0 Å². The fourth-order valence-electron chi connectivity index (χ4n) is 2.97. The van der Waals surface area contributed by atoms with Crippen LogP contribution in [-0.4, -0.2) is 17.8 Å². The zero-order valence-electron chi connectivity index (χ0n) is 14.4. The zero-order chi connectivity index (χ0) is 19.0. The van der Waals surface area contributed by atoms with Crippen molar-refractivity contribution in [3.05, 3.63) is 84.4 Å². The number of fused-ring (bicyclic) bond motifs is 1. The van der Waals surface area contributed by atoms with Crippen molar-refractivity contribution in [3.8, 4) is 11.3 Å². The number of anilines is 1. The minimum Gasteiger partial charge on any atom is -0.306 e. The molecule has 0 saturated heterocycles. The highest BCUT2D eigenvalue weighted by atomic mass is 32.2. The van der Waals surface area contributed by atoms with Gasteiger partial charge in [0, 0.05) is 18.0 Å². The van der Waals surface area contributed by atoms with E-state index in [4.69, 9.17) is 0 Å². The van der Waals surface area contributed by atoms with Crippen molar-refractivity contribution in [2.75, 3.05) is 4.72 Å². The summed E-state index contributed by atoms with van der Waals surface area (Å²) in [4.78, 5) is 4.59. The quantitative estimate of drug-likeness (QED) is 0.575. The first-order valence-corrected chi connectivity index (χ1v) is 9.74. The van der Waals surface area contributed by atoms with Crippen molar-refractivity contribution in [2.45, 2.75) is 11.8 Å². The number of hydrogen-bond acceptors (Lipinski definition) is 3. The van der Waals surface area contributed by atoms with Gasteiger partial charge in [0.2, 0.25) is 0 Å². The topological polar surface area (TPSA) is 63.5 Å². The average molecular weight is 381 g/mol. The fourth-order valence-corrected chi connectivity index (χ4v) is 4.28. The number of para-hydroxylation sites is 1. The second-order valence-electron chi connectivity index (χ2n) is 6.15. The Morgan fingerprint density at radius 3 is 2.59 bits per heavy atom. The van der Waals surface area contributed by atoms with E-state index in [-0.39, 0.29) is 4.90 Å². The number of rotatable bonds is 4. The van der Waals surface area contributed by atoms with Crippen LogP contribution in [0.1, 0.15) is 5.56 Å². The molecule has 0 fully saturated rings. The van der Waals surface area contributed by atoms with E-state index in [9.17, 15) is 12.8 Å². The highest BCUT2D eigenvalue weighted by Crippen LogP contribution is 2.30. The second kappa shape index (κ2) is 6.51. The van der Waals surface area contributed by atoms with Gasteiger partial charge in [-0.1, -0.05) is 24.3 Å². The molecule has 5 nitrogen and oxygen atoms in total. The van der Waals surface area contributed by atoms with Gasteiger partial charge in [0.25, 0.3) is 10.0 Å². The molecule has 0 atom stereocenters. The molecule has 0 bridgehead atoms. The number of aromatic nitrogens is 2. The molecule has 0 aliphatic heterocycles. The molecular formula is C20H16FN3O2S. The number of nitrogens with zero attached hydrogens (tertiary/aromatic N) is 2. The van der Waals surface area contributed by atoms with E-state index >= 15 is 0 Å². The Hall–Kier alpha value is -3.19. The third-order valence-electron chi connectivity index (χ3n) is 4.24. The van der Waals surface area contributed by atoms with E-state index in [2.05, 4.69) is 9.71 Å². The first kappa shape index (κ1) is 17.2. The first-order valence-electron chi connectivity index (χ1n) is 8.26. The minimum absolute atomic E-state index is 0.0358. The summed E-state index contributed by atoms with van der Waals surface area (Å²) in [6.45, 7) is 1.56. The molecule has 2 aromatic heterocycles. The summed E-state index contributed by atoms with van der Waals surface area (Å²) in [5.74, 6) is -0.475. The van der Waals surface area contributed by atoms with Gasteiger partial charge >= 0.3 is 0 Å². The van der Waals surface area contributed by atoms with Crippen LogP contribution in [0.3, 0.4) is 0 Å². The van der Waals surface area contributed by atoms with Crippen LogP contribution in [0, 0.1) is 12.7 Å². The molecule has 4 aromatic rings. The van der Waals surface area contributed by atoms with Crippen LogP contribution in [-0.2, 0) is 10.0 Å². The SMILES string of the molecule is Cc1cc(F)ccc1S(=O)(=O)Nc1ccccc1-c1cn2ccccc2n1. The molecule has 27 heavy (non-hydrogen) atoms. The van der Waals surface area contributed by atoms with Crippen LogP contribution in [0.2, 0.25) is 0 Å². The second-order valence-corrected chi connectivity index (χ2v) is 7.80. The van der Waals surface area contributed by atoms with Crippen molar-refractivity contribution < 1.29 is 12.8 Å². The Balaban J connectivity index is 1.77. The largest absolute Gasteiger partial charge is 0.306 e. The molecular weight excluding hydrogens is 365 g/mol. The van der Waals surface area contributed by atoms with Crippen molar-refractivity contribution in [1.29, 1.82) is 0 Å². The van der Waals surface area contributed by atoms with Gasteiger partial charge in [-0.05, 0) is 48.9 Å². The van der Waals surface area contributed by atoms with Crippen molar-refractivity contribution >= 4 is 21.4 Å². The van der Waals surface area contributed by atoms with Gasteiger partial charge in [-0.15, -0.1) is 0 Å². The van der Waals surface area contributed by atoms with Crippen LogP contribution < -0.4 is 4.72 Å². The molecule has 0 amide bonds. The summed E-state index contributed by atoms with van der Waals surface area (Å²) >= 11 is 0. The molecule has 2 aromatic carbocycles. The van der Waals surface area contributed by atoms with Gasteiger partial charge in [-0.2, -0.15) is 0 Å². The van der Waals surface area contributed by atoms with Crippen LogP contribution in [0.25, 0.3) is 16.9 Å². The molecule has 0 aliphatic rings. The number of aryl methyl sites for hydroxylation is 1. The molecule has 0 unspecified atom stereocenters. The summed E-state index contributed by atoms with van der Waals surface area (Å²) < 4.78 is 43.5. The molecule has 2 heterocycles. The monoisotopic (exact) mass is 381 g/mol. The molecule has 0 saturated carbocycles. The number of hydrogen-bond donors (Lipinski definition) is 1. The number of nitrogens with one attached hydrogen (secondary N) is 1. The van der Waals surface area contributed by atoms with Gasteiger partial charge < -0.3 is 4.40 Å². The molecule has 1 N–H and O–H groups in total. The Morgan fingerprint density at radius 2 is 1.81 bits per heavy atom. The zero-order valence-corrected chi connectivity index (χ0v) is 15.2. The number of sulfonamides is 1. The van der Waals surface area contributed by atoms with E-state index in [0.29, 0.717) is 22.5 Å². The number of halogens is 1. The van der Waals surface area contributed by atoms with Crippen LogP contribution >= 0.6 is 0 Å². The fraction of sp³-hybridized carbons (Fsp3) is 0.0500. The number of imidazole rings is 1. The Morgan fingerprint density at radius 1 is 1.04 bits per heavy atom. The van der Waals surface area contributed by atoms with Gasteiger partial charge in [0.15, 0.2) is 0 Å². The maximum absolute atomic E-state index is 13.3. The third kappa shape index (κ3) is 3.29. The predicted molar refractivity (Wildman–Crippen MR) is 103 cm³/mol.